The van der Waals surface area contributed by atoms with Crippen LogP contribution in [0.15, 0.2) is 0 Å². The summed E-state index contributed by atoms with van der Waals surface area (Å²) in [6, 6.07) is 0. The molecule has 0 radical (unpaired) electrons. The van der Waals surface area contributed by atoms with E-state index in [-0.39, 0.29) is 34.9 Å². The number of hydrogen-bond donors (Lipinski definition) is 0. The SMILES string of the molecule is CCCCCCCC[O-].CCCCCCCC[O-].[Ti+2]. The first-order chi connectivity index (χ1) is 8.83. The molecule has 0 heterocycles. The van der Waals surface area contributed by atoms with Crippen LogP contribution in [0.5, 0.6) is 0 Å². The molecule has 0 saturated heterocycles. The van der Waals surface area contributed by atoms with Gasteiger partial charge < -0.3 is 10.2 Å². The third kappa shape index (κ3) is 32.3. The van der Waals surface area contributed by atoms with Crippen LogP contribution in [-0.4, -0.2) is 13.2 Å². The largest absolute Gasteiger partial charge is 2.00 e. The fourth-order valence-corrected chi connectivity index (χ4v) is 1.76. The first-order valence-electron chi connectivity index (χ1n) is 7.99. The van der Waals surface area contributed by atoms with Crippen molar-refractivity contribution in [2.45, 2.75) is 90.9 Å². The van der Waals surface area contributed by atoms with Gasteiger partial charge in [-0.15, -0.1) is 13.2 Å². The summed E-state index contributed by atoms with van der Waals surface area (Å²) in [5, 5.41) is 19.9. The molecule has 0 N–H and O–H groups in total. The van der Waals surface area contributed by atoms with Crippen LogP contribution in [0.25, 0.3) is 0 Å². The summed E-state index contributed by atoms with van der Waals surface area (Å²) >= 11 is 0. The van der Waals surface area contributed by atoms with Gasteiger partial charge in [0.2, 0.25) is 0 Å². The van der Waals surface area contributed by atoms with Gasteiger partial charge in [0, 0.05) is 0 Å². The smallest absolute Gasteiger partial charge is 0.854 e. The molecule has 2 nitrogen and oxygen atoms in total. The van der Waals surface area contributed by atoms with Gasteiger partial charge in [0.15, 0.2) is 0 Å². The third-order valence-corrected chi connectivity index (χ3v) is 3.00. The molecule has 0 unspecified atom stereocenters. The van der Waals surface area contributed by atoms with E-state index in [0.717, 1.165) is 25.7 Å². The van der Waals surface area contributed by atoms with Gasteiger partial charge in [-0.05, 0) is 0 Å². The van der Waals surface area contributed by atoms with E-state index in [2.05, 4.69) is 13.8 Å². The molecule has 0 aliphatic carbocycles. The van der Waals surface area contributed by atoms with Crippen molar-refractivity contribution < 1.29 is 31.9 Å². The average Bonchev–Trinajstić information content (AvgIpc) is 2.39. The Bertz CT molecular complexity index is 95.3. The Kier molecular flexibility index (Phi) is 35.1. The van der Waals surface area contributed by atoms with Gasteiger partial charge in [0.1, 0.15) is 0 Å². The molecule has 0 aromatic heterocycles. The van der Waals surface area contributed by atoms with Gasteiger partial charge >= 0.3 is 21.7 Å². The summed E-state index contributed by atoms with van der Waals surface area (Å²) in [6.07, 6.45) is 14.4. The van der Waals surface area contributed by atoms with Gasteiger partial charge in [-0.3, -0.25) is 0 Å². The Morgan fingerprint density at radius 3 is 1.00 bits per heavy atom. The molecular weight excluding hydrogens is 272 g/mol. The maximum atomic E-state index is 9.96. The van der Waals surface area contributed by atoms with Crippen LogP contribution >= 0.6 is 0 Å². The van der Waals surface area contributed by atoms with Crippen LogP contribution < -0.4 is 10.2 Å². The number of unbranched alkanes of at least 4 members (excludes halogenated alkanes) is 10. The molecule has 0 rings (SSSR count). The maximum absolute atomic E-state index is 9.96. The minimum atomic E-state index is 0. The first-order valence-corrected chi connectivity index (χ1v) is 7.99. The molecule has 0 atom stereocenters. The molecule has 0 aromatic carbocycles. The predicted molar refractivity (Wildman–Crippen MR) is 76.5 cm³/mol. The molecule has 0 amide bonds. The zero-order valence-electron chi connectivity index (χ0n) is 13.2. The Labute approximate surface area is 136 Å². The third-order valence-electron chi connectivity index (χ3n) is 3.00. The van der Waals surface area contributed by atoms with Gasteiger partial charge in [0.05, 0.1) is 0 Å². The molecule has 3 heteroatoms. The summed E-state index contributed by atoms with van der Waals surface area (Å²) in [5.41, 5.74) is 0. The van der Waals surface area contributed by atoms with E-state index in [1.54, 1.807) is 0 Å². The first kappa shape index (κ1) is 24.6. The van der Waals surface area contributed by atoms with Crippen molar-refractivity contribution in [1.82, 2.24) is 0 Å². The van der Waals surface area contributed by atoms with E-state index in [1.807, 2.05) is 0 Å². The van der Waals surface area contributed by atoms with Crippen molar-refractivity contribution in [3.8, 4) is 0 Å². The minimum absolute atomic E-state index is 0. The summed E-state index contributed by atoms with van der Waals surface area (Å²) in [6.45, 7) is 4.64. The zero-order chi connectivity index (χ0) is 13.9. The van der Waals surface area contributed by atoms with Crippen LogP contribution in [0.4, 0.5) is 0 Å². The van der Waals surface area contributed by atoms with Gasteiger partial charge in [-0.2, -0.15) is 0 Å². The molecule has 0 aliphatic heterocycles. The fraction of sp³-hybridized carbons (Fsp3) is 1.00. The number of rotatable bonds is 12. The molecule has 0 spiro atoms. The van der Waals surface area contributed by atoms with E-state index in [9.17, 15) is 10.2 Å². The van der Waals surface area contributed by atoms with E-state index < -0.39 is 0 Å². The van der Waals surface area contributed by atoms with Crippen LogP contribution in [0.3, 0.4) is 0 Å². The standard InChI is InChI=1S/2C8H17O.Ti/c2*1-2-3-4-5-6-7-8-9;/h2*2-8H2,1H3;/q2*-1;+2. The fourth-order valence-electron chi connectivity index (χ4n) is 1.76. The van der Waals surface area contributed by atoms with Gasteiger partial charge in [0.25, 0.3) is 0 Å². The summed E-state index contributed by atoms with van der Waals surface area (Å²) < 4.78 is 0. The van der Waals surface area contributed by atoms with Gasteiger partial charge in [-0.1, -0.05) is 90.9 Å². The van der Waals surface area contributed by atoms with Crippen LogP contribution in [0.1, 0.15) is 90.9 Å². The molecule has 0 fully saturated rings. The van der Waals surface area contributed by atoms with Crippen LogP contribution in [0, 0.1) is 0 Å². The molecule has 0 aromatic rings. The molecular formula is C16H34O2Ti. The average molecular weight is 306 g/mol. The Morgan fingerprint density at radius 1 is 0.474 bits per heavy atom. The van der Waals surface area contributed by atoms with Crippen LogP contribution in [-0.2, 0) is 21.7 Å². The summed E-state index contributed by atoms with van der Waals surface area (Å²) in [5.74, 6) is 0. The van der Waals surface area contributed by atoms with E-state index in [1.165, 1.54) is 51.4 Å². The van der Waals surface area contributed by atoms with Gasteiger partial charge in [-0.25, -0.2) is 0 Å². The van der Waals surface area contributed by atoms with E-state index in [4.69, 9.17) is 0 Å². The molecule has 19 heavy (non-hydrogen) atoms. The van der Waals surface area contributed by atoms with Crippen molar-refractivity contribution in [3.05, 3.63) is 0 Å². The van der Waals surface area contributed by atoms with E-state index >= 15 is 0 Å². The minimum Gasteiger partial charge on any atom is -0.854 e. The van der Waals surface area contributed by atoms with Crippen molar-refractivity contribution in [3.63, 3.8) is 0 Å². The van der Waals surface area contributed by atoms with Crippen molar-refractivity contribution in [1.29, 1.82) is 0 Å². The molecule has 0 bridgehead atoms. The Balaban J connectivity index is -0.000000256. The molecule has 0 saturated carbocycles. The second-order valence-corrected chi connectivity index (χ2v) is 4.94. The second kappa shape index (κ2) is 27.1. The van der Waals surface area contributed by atoms with E-state index in [0.29, 0.717) is 0 Å². The zero-order valence-corrected chi connectivity index (χ0v) is 14.8. The maximum Gasteiger partial charge on any atom is 2.00 e. The Morgan fingerprint density at radius 2 is 0.737 bits per heavy atom. The van der Waals surface area contributed by atoms with Crippen molar-refractivity contribution in [2.75, 3.05) is 13.2 Å². The summed E-state index contributed by atoms with van der Waals surface area (Å²) in [4.78, 5) is 0. The van der Waals surface area contributed by atoms with Crippen molar-refractivity contribution >= 4 is 0 Å². The topological polar surface area (TPSA) is 46.1 Å². The molecule has 0 aliphatic rings. The predicted octanol–water partition coefficient (Wildman–Crippen LogP) is 3.41. The monoisotopic (exact) mass is 306 g/mol. The normalized spacial score (nSPS) is 9.47. The quantitative estimate of drug-likeness (QED) is 0.410. The molecule has 114 valence electrons. The van der Waals surface area contributed by atoms with Crippen molar-refractivity contribution in [2.24, 2.45) is 0 Å². The second-order valence-electron chi connectivity index (χ2n) is 4.94. The summed E-state index contributed by atoms with van der Waals surface area (Å²) in [7, 11) is 0. The van der Waals surface area contributed by atoms with Crippen LogP contribution in [0.2, 0.25) is 0 Å². The Hall–Kier alpha value is 0.634. The number of hydrogen-bond acceptors (Lipinski definition) is 2.